The first-order valence-electron chi connectivity index (χ1n) is 5.55. The van der Waals surface area contributed by atoms with Crippen LogP contribution in [-0.4, -0.2) is 34.6 Å². The largest absolute Gasteiger partial charge is 0.434 e. The second-order valence-electron chi connectivity index (χ2n) is 4.10. The second kappa shape index (κ2) is 6.00. The molecule has 1 aromatic heterocycles. The minimum atomic E-state index is -4.64. The lowest BCUT2D eigenvalue weighted by Crippen LogP contribution is -2.22. The zero-order chi connectivity index (χ0) is 14.6. The van der Waals surface area contributed by atoms with E-state index in [0.29, 0.717) is 13.0 Å². The van der Waals surface area contributed by atoms with Gasteiger partial charge in [-0.3, -0.25) is 4.79 Å². The van der Waals surface area contributed by atoms with Crippen LogP contribution in [0.3, 0.4) is 0 Å². The monoisotopic (exact) mass is 280 g/mol. The summed E-state index contributed by atoms with van der Waals surface area (Å²) in [5.41, 5.74) is 3.41. The molecule has 0 bridgehead atoms. The molecule has 0 aliphatic rings. The number of halogens is 3. The number of nitrogens with two attached hydrogens (primary N) is 1. The highest BCUT2D eigenvalue weighted by Crippen LogP contribution is 2.33. The van der Waals surface area contributed by atoms with Gasteiger partial charge < -0.3 is 10.5 Å². The summed E-state index contributed by atoms with van der Waals surface area (Å²) >= 11 is 0. The predicted molar refractivity (Wildman–Crippen MR) is 59.1 cm³/mol. The molecule has 0 aromatic carbocycles. The summed E-state index contributed by atoms with van der Waals surface area (Å²) in [6.45, 7) is 1.86. The number of rotatable bonds is 6. The van der Waals surface area contributed by atoms with E-state index >= 15 is 0 Å². The molecule has 9 heteroatoms. The molecule has 0 aliphatic carbocycles. The Bertz CT molecular complexity index is 444. The number of alkyl halides is 3. The van der Waals surface area contributed by atoms with E-state index in [1.807, 2.05) is 0 Å². The van der Waals surface area contributed by atoms with Crippen LogP contribution >= 0.6 is 0 Å². The number of aromatic nitrogens is 3. The van der Waals surface area contributed by atoms with Crippen molar-refractivity contribution in [1.29, 1.82) is 0 Å². The third kappa shape index (κ3) is 3.91. The van der Waals surface area contributed by atoms with E-state index in [-0.39, 0.29) is 0 Å². The number of amides is 1. The molecule has 1 aromatic rings. The Morgan fingerprint density at radius 2 is 2.16 bits per heavy atom. The van der Waals surface area contributed by atoms with Crippen molar-refractivity contribution < 1.29 is 22.7 Å². The highest BCUT2D eigenvalue weighted by molar-refractivity contribution is 5.76. The van der Waals surface area contributed by atoms with Crippen LogP contribution in [0.5, 0.6) is 0 Å². The molecule has 1 rings (SSSR count). The molecular weight excluding hydrogens is 265 g/mol. The van der Waals surface area contributed by atoms with Crippen molar-refractivity contribution in [3.05, 3.63) is 11.4 Å². The molecule has 0 saturated heterocycles. The Hall–Kier alpha value is -1.64. The molecule has 0 radical (unpaired) electrons. The van der Waals surface area contributed by atoms with E-state index < -0.39 is 35.9 Å². The van der Waals surface area contributed by atoms with Crippen molar-refractivity contribution in [3.8, 4) is 0 Å². The van der Waals surface area contributed by atoms with E-state index in [9.17, 15) is 18.0 Å². The SMILES string of the molecule is COCCC(C)n1nnc(CC(N)=O)c1C(F)(F)F. The van der Waals surface area contributed by atoms with Gasteiger partial charge in [-0.05, 0) is 13.3 Å². The molecular formula is C10H15F3N4O2. The van der Waals surface area contributed by atoms with Crippen LogP contribution in [-0.2, 0) is 22.1 Å². The Morgan fingerprint density at radius 1 is 1.53 bits per heavy atom. The maximum absolute atomic E-state index is 13.0. The Labute approximate surface area is 107 Å². The van der Waals surface area contributed by atoms with Crippen molar-refractivity contribution in [3.63, 3.8) is 0 Å². The summed E-state index contributed by atoms with van der Waals surface area (Å²) in [5.74, 6) is -0.887. The minimum absolute atomic E-state index is 0.295. The van der Waals surface area contributed by atoms with Crippen LogP contribution in [0.15, 0.2) is 0 Å². The maximum atomic E-state index is 13.0. The molecule has 6 nitrogen and oxygen atoms in total. The average Bonchev–Trinajstić information content (AvgIpc) is 2.68. The van der Waals surface area contributed by atoms with Gasteiger partial charge in [-0.25, -0.2) is 4.68 Å². The molecule has 1 heterocycles. The lowest BCUT2D eigenvalue weighted by Gasteiger charge is -2.16. The zero-order valence-corrected chi connectivity index (χ0v) is 10.6. The lowest BCUT2D eigenvalue weighted by atomic mass is 10.2. The van der Waals surface area contributed by atoms with Gasteiger partial charge in [0, 0.05) is 13.7 Å². The molecule has 2 N–H and O–H groups in total. The van der Waals surface area contributed by atoms with Gasteiger partial charge >= 0.3 is 6.18 Å². The predicted octanol–water partition coefficient (Wildman–Crippen LogP) is 0.922. The van der Waals surface area contributed by atoms with Crippen molar-refractivity contribution >= 4 is 5.91 Å². The van der Waals surface area contributed by atoms with E-state index in [4.69, 9.17) is 10.5 Å². The minimum Gasteiger partial charge on any atom is -0.385 e. The summed E-state index contributed by atoms with van der Waals surface area (Å²) in [7, 11) is 1.46. The number of methoxy groups -OCH3 is 1. The Kier molecular flexibility index (Phi) is 4.87. The van der Waals surface area contributed by atoms with Crippen molar-refractivity contribution in [2.75, 3.05) is 13.7 Å². The van der Waals surface area contributed by atoms with Gasteiger partial charge in [0.1, 0.15) is 5.69 Å². The smallest absolute Gasteiger partial charge is 0.385 e. The number of hydrogen-bond acceptors (Lipinski definition) is 4. The van der Waals surface area contributed by atoms with E-state index in [1.54, 1.807) is 6.92 Å². The fraction of sp³-hybridized carbons (Fsp3) is 0.700. The molecule has 1 amide bonds. The number of primary amides is 1. The quantitative estimate of drug-likeness (QED) is 0.840. The number of ether oxygens (including phenoxy) is 1. The molecule has 0 aliphatic heterocycles. The summed E-state index contributed by atoms with van der Waals surface area (Å²) in [4.78, 5) is 10.8. The number of nitrogens with zero attached hydrogens (tertiary/aromatic N) is 3. The number of carbonyl (C=O) groups excluding carboxylic acids is 1. The summed E-state index contributed by atoms with van der Waals surface area (Å²) in [5, 5.41) is 6.88. The lowest BCUT2D eigenvalue weighted by molar-refractivity contribution is -0.145. The summed E-state index contributed by atoms with van der Waals surface area (Å²) in [6, 6.07) is -0.550. The van der Waals surface area contributed by atoms with Crippen LogP contribution < -0.4 is 5.73 Å². The van der Waals surface area contributed by atoms with Crippen molar-refractivity contribution in [2.24, 2.45) is 5.73 Å². The van der Waals surface area contributed by atoms with Crippen LogP contribution in [0.2, 0.25) is 0 Å². The van der Waals surface area contributed by atoms with Crippen LogP contribution in [0.1, 0.15) is 30.8 Å². The van der Waals surface area contributed by atoms with E-state index in [0.717, 1.165) is 4.68 Å². The number of carbonyl (C=O) groups is 1. The van der Waals surface area contributed by atoms with Gasteiger partial charge in [0.15, 0.2) is 5.69 Å². The molecule has 1 unspecified atom stereocenters. The zero-order valence-electron chi connectivity index (χ0n) is 10.6. The molecule has 0 spiro atoms. The molecule has 0 fully saturated rings. The molecule has 0 saturated carbocycles. The molecule has 1 atom stereocenters. The number of hydrogen-bond donors (Lipinski definition) is 1. The van der Waals surface area contributed by atoms with Crippen molar-refractivity contribution in [2.45, 2.75) is 32.0 Å². The Balaban J connectivity index is 3.11. The van der Waals surface area contributed by atoms with Gasteiger partial charge in [-0.2, -0.15) is 13.2 Å². The van der Waals surface area contributed by atoms with Crippen LogP contribution in [0.4, 0.5) is 13.2 Å². The first-order valence-corrected chi connectivity index (χ1v) is 5.55. The highest BCUT2D eigenvalue weighted by Gasteiger charge is 2.40. The van der Waals surface area contributed by atoms with Crippen LogP contribution in [0, 0.1) is 0 Å². The third-order valence-corrected chi connectivity index (χ3v) is 2.53. The topological polar surface area (TPSA) is 83.0 Å². The standard InChI is InChI=1S/C10H15F3N4O2/c1-6(3-4-19-2)17-9(10(11,12)13)7(15-16-17)5-8(14)18/h6H,3-5H2,1-2H3,(H2,14,18). The summed E-state index contributed by atoms with van der Waals surface area (Å²) in [6.07, 6.45) is -4.89. The Morgan fingerprint density at radius 3 is 2.63 bits per heavy atom. The van der Waals surface area contributed by atoms with E-state index in [1.165, 1.54) is 7.11 Å². The normalized spacial score (nSPS) is 13.5. The van der Waals surface area contributed by atoms with Gasteiger partial charge in [-0.15, -0.1) is 5.10 Å². The van der Waals surface area contributed by atoms with E-state index in [2.05, 4.69) is 10.3 Å². The van der Waals surface area contributed by atoms with Crippen molar-refractivity contribution in [1.82, 2.24) is 15.0 Å². The first-order chi connectivity index (χ1) is 8.77. The third-order valence-electron chi connectivity index (χ3n) is 2.53. The van der Waals surface area contributed by atoms with Gasteiger partial charge in [0.2, 0.25) is 5.91 Å². The fourth-order valence-corrected chi connectivity index (χ4v) is 1.62. The molecule has 108 valence electrons. The van der Waals surface area contributed by atoms with Gasteiger partial charge in [0.05, 0.1) is 12.5 Å². The van der Waals surface area contributed by atoms with Gasteiger partial charge in [0.25, 0.3) is 0 Å². The summed E-state index contributed by atoms with van der Waals surface area (Å²) < 4.78 is 44.5. The maximum Gasteiger partial charge on any atom is 0.434 e. The van der Waals surface area contributed by atoms with Crippen LogP contribution in [0.25, 0.3) is 0 Å². The second-order valence-corrected chi connectivity index (χ2v) is 4.10. The van der Waals surface area contributed by atoms with Gasteiger partial charge in [-0.1, -0.05) is 5.21 Å². The average molecular weight is 280 g/mol. The highest BCUT2D eigenvalue weighted by atomic mass is 19.4. The fourth-order valence-electron chi connectivity index (χ4n) is 1.62. The molecule has 19 heavy (non-hydrogen) atoms. The first kappa shape index (κ1) is 15.4.